The summed E-state index contributed by atoms with van der Waals surface area (Å²) in [6.07, 6.45) is 1.53. The van der Waals surface area contributed by atoms with Crippen molar-refractivity contribution in [1.82, 2.24) is 14.6 Å². The van der Waals surface area contributed by atoms with Crippen LogP contribution in [0.4, 0.5) is 0 Å². The van der Waals surface area contributed by atoms with Crippen LogP contribution in [0.15, 0.2) is 23.1 Å². The van der Waals surface area contributed by atoms with Gasteiger partial charge in [0.25, 0.3) is 0 Å². The first-order valence-electron chi connectivity index (χ1n) is 3.24. The predicted octanol–water partition coefficient (Wildman–Crippen LogP) is 1.80. The van der Waals surface area contributed by atoms with Crippen LogP contribution >= 0.6 is 15.9 Å². The van der Waals surface area contributed by atoms with Crippen molar-refractivity contribution in [1.29, 1.82) is 0 Å². The molecule has 0 N–H and O–H groups in total. The molecule has 0 aliphatic heterocycles. The number of hydrogen-bond acceptors (Lipinski definition) is 2. The Morgan fingerprint density at radius 3 is 3.00 bits per heavy atom. The maximum Gasteiger partial charge on any atom is 0.137 e. The molecule has 0 radical (unpaired) electrons. The highest BCUT2D eigenvalue weighted by atomic mass is 79.9. The molecule has 0 aromatic carbocycles. The van der Waals surface area contributed by atoms with E-state index in [1.807, 2.05) is 23.6 Å². The van der Waals surface area contributed by atoms with E-state index in [0.29, 0.717) is 0 Å². The average molecular weight is 212 g/mol. The van der Waals surface area contributed by atoms with Gasteiger partial charge >= 0.3 is 0 Å². The Morgan fingerprint density at radius 2 is 2.27 bits per heavy atom. The van der Waals surface area contributed by atoms with Crippen LogP contribution in [0.25, 0.3) is 5.52 Å². The number of rotatable bonds is 0. The van der Waals surface area contributed by atoms with E-state index < -0.39 is 0 Å². The number of fused-ring (bicyclic) bond motifs is 1. The van der Waals surface area contributed by atoms with Gasteiger partial charge in [-0.3, -0.25) is 0 Å². The summed E-state index contributed by atoms with van der Waals surface area (Å²) in [6, 6.07) is 3.99. The molecular formula is C7H6BrN3. The van der Waals surface area contributed by atoms with Gasteiger partial charge < -0.3 is 0 Å². The first-order valence-corrected chi connectivity index (χ1v) is 4.03. The molecule has 0 aliphatic carbocycles. The molecule has 2 aromatic rings. The predicted molar refractivity (Wildman–Crippen MR) is 45.4 cm³/mol. The molecule has 0 unspecified atom stereocenters. The summed E-state index contributed by atoms with van der Waals surface area (Å²) in [6.45, 7) is 2.01. The Balaban J connectivity index is 2.94. The van der Waals surface area contributed by atoms with Crippen LogP contribution in [-0.2, 0) is 0 Å². The molecule has 0 spiro atoms. The van der Waals surface area contributed by atoms with E-state index >= 15 is 0 Å². The SMILES string of the molecule is Cc1ccc2c(Br)ncnn12. The van der Waals surface area contributed by atoms with Gasteiger partial charge in [0.05, 0.1) is 5.52 Å². The summed E-state index contributed by atoms with van der Waals surface area (Å²) in [5.41, 5.74) is 2.12. The average Bonchev–Trinajstić information content (AvgIpc) is 2.35. The fraction of sp³-hybridized carbons (Fsp3) is 0.143. The highest BCUT2D eigenvalue weighted by Gasteiger charge is 2.00. The zero-order valence-electron chi connectivity index (χ0n) is 5.95. The second kappa shape index (κ2) is 2.30. The highest BCUT2D eigenvalue weighted by Crippen LogP contribution is 2.15. The number of halogens is 1. The lowest BCUT2D eigenvalue weighted by atomic mass is 10.5. The van der Waals surface area contributed by atoms with Gasteiger partial charge in [-0.15, -0.1) is 0 Å². The smallest absolute Gasteiger partial charge is 0.137 e. The molecular weight excluding hydrogens is 206 g/mol. The van der Waals surface area contributed by atoms with Crippen molar-refractivity contribution in [3.8, 4) is 0 Å². The van der Waals surface area contributed by atoms with Gasteiger partial charge in [-0.1, -0.05) is 0 Å². The monoisotopic (exact) mass is 211 g/mol. The van der Waals surface area contributed by atoms with E-state index in [2.05, 4.69) is 26.0 Å². The van der Waals surface area contributed by atoms with Crippen molar-refractivity contribution in [2.24, 2.45) is 0 Å². The third-order valence-electron chi connectivity index (χ3n) is 1.59. The van der Waals surface area contributed by atoms with Crippen molar-refractivity contribution >= 4 is 21.4 Å². The van der Waals surface area contributed by atoms with E-state index in [9.17, 15) is 0 Å². The Morgan fingerprint density at radius 1 is 1.45 bits per heavy atom. The van der Waals surface area contributed by atoms with Crippen molar-refractivity contribution in [2.75, 3.05) is 0 Å². The van der Waals surface area contributed by atoms with E-state index in [1.165, 1.54) is 6.33 Å². The second-order valence-corrected chi connectivity index (χ2v) is 3.07. The lowest BCUT2D eigenvalue weighted by Gasteiger charge is -1.95. The maximum absolute atomic E-state index is 4.08. The number of aryl methyl sites for hydroxylation is 1. The molecule has 0 amide bonds. The Kier molecular flexibility index (Phi) is 1.42. The molecule has 0 saturated carbocycles. The largest absolute Gasteiger partial charge is 0.234 e. The molecule has 0 aliphatic rings. The normalized spacial score (nSPS) is 10.7. The van der Waals surface area contributed by atoms with Crippen LogP contribution in [0.1, 0.15) is 5.69 Å². The number of aromatic nitrogens is 3. The van der Waals surface area contributed by atoms with Crippen molar-refractivity contribution in [3.63, 3.8) is 0 Å². The molecule has 0 atom stereocenters. The van der Waals surface area contributed by atoms with Gasteiger partial charge in [0.1, 0.15) is 10.9 Å². The molecule has 0 saturated heterocycles. The minimum Gasteiger partial charge on any atom is -0.234 e. The minimum atomic E-state index is 0.834. The molecule has 4 heteroatoms. The third-order valence-corrected chi connectivity index (χ3v) is 2.21. The van der Waals surface area contributed by atoms with Gasteiger partial charge in [-0.25, -0.2) is 9.50 Å². The minimum absolute atomic E-state index is 0.834. The first kappa shape index (κ1) is 6.79. The van der Waals surface area contributed by atoms with Crippen LogP contribution in [0.5, 0.6) is 0 Å². The summed E-state index contributed by atoms with van der Waals surface area (Å²) in [5, 5.41) is 4.08. The fourth-order valence-electron chi connectivity index (χ4n) is 1.03. The van der Waals surface area contributed by atoms with E-state index in [1.54, 1.807) is 0 Å². The standard InChI is InChI=1S/C7H6BrN3/c1-5-2-3-6-7(8)9-4-10-11(5)6/h2-4H,1H3. The van der Waals surface area contributed by atoms with Gasteiger partial charge in [0.15, 0.2) is 0 Å². The Hall–Kier alpha value is -0.900. The summed E-state index contributed by atoms with van der Waals surface area (Å²) >= 11 is 3.34. The van der Waals surface area contributed by atoms with Crippen LogP contribution in [0.2, 0.25) is 0 Å². The van der Waals surface area contributed by atoms with Crippen LogP contribution in [-0.4, -0.2) is 14.6 Å². The van der Waals surface area contributed by atoms with Crippen LogP contribution in [0.3, 0.4) is 0 Å². The summed E-state index contributed by atoms with van der Waals surface area (Å²) in [4.78, 5) is 4.01. The number of nitrogens with zero attached hydrogens (tertiary/aromatic N) is 3. The molecule has 3 nitrogen and oxygen atoms in total. The molecule has 56 valence electrons. The van der Waals surface area contributed by atoms with Gasteiger partial charge in [-0.2, -0.15) is 5.10 Å². The Bertz CT molecular complexity index is 393. The zero-order chi connectivity index (χ0) is 7.84. The van der Waals surface area contributed by atoms with E-state index in [0.717, 1.165) is 15.8 Å². The number of hydrogen-bond donors (Lipinski definition) is 0. The molecule has 2 rings (SSSR count). The lowest BCUT2D eigenvalue weighted by molar-refractivity contribution is 0.864. The zero-order valence-corrected chi connectivity index (χ0v) is 7.54. The molecule has 2 heterocycles. The van der Waals surface area contributed by atoms with Crippen molar-refractivity contribution < 1.29 is 0 Å². The second-order valence-electron chi connectivity index (χ2n) is 2.32. The summed E-state index contributed by atoms with van der Waals surface area (Å²) < 4.78 is 2.68. The van der Waals surface area contributed by atoms with Crippen LogP contribution in [0, 0.1) is 6.92 Å². The topological polar surface area (TPSA) is 30.2 Å². The molecule has 11 heavy (non-hydrogen) atoms. The first-order chi connectivity index (χ1) is 5.29. The fourth-order valence-corrected chi connectivity index (χ4v) is 1.43. The van der Waals surface area contributed by atoms with Gasteiger partial charge in [0, 0.05) is 5.69 Å². The summed E-state index contributed by atoms with van der Waals surface area (Å²) in [5.74, 6) is 0. The van der Waals surface area contributed by atoms with E-state index in [-0.39, 0.29) is 0 Å². The van der Waals surface area contributed by atoms with Gasteiger partial charge in [-0.05, 0) is 35.0 Å². The van der Waals surface area contributed by atoms with Crippen LogP contribution < -0.4 is 0 Å². The highest BCUT2D eigenvalue weighted by molar-refractivity contribution is 9.10. The van der Waals surface area contributed by atoms with Gasteiger partial charge in [0.2, 0.25) is 0 Å². The maximum atomic E-state index is 4.08. The van der Waals surface area contributed by atoms with Crippen molar-refractivity contribution in [3.05, 3.63) is 28.8 Å². The quantitative estimate of drug-likeness (QED) is 0.666. The molecule has 0 fully saturated rings. The lowest BCUT2D eigenvalue weighted by Crippen LogP contribution is -1.94. The summed E-state index contributed by atoms with van der Waals surface area (Å²) in [7, 11) is 0. The Labute approximate surface area is 72.2 Å². The van der Waals surface area contributed by atoms with Crippen molar-refractivity contribution in [2.45, 2.75) is 6.92 Å². The molecule has 2 aromatic heterocycles. The third kappa shape index (κ3) is 0.939. The molecule has 0 bridgehead atoms. The van der Waals surface area contributed by atoms with E-state index in [4.69, 9.17) is 0 Å².